The predicted molar refractivity (Wildman–Crippen MR) is 60.5 cm³/mol. The minimum atomic E-state index is -4.40. The third-order valence-corrected chi connectivity index (χ3v) is 3.07. The van der Waals surface area contributed by atoms with E-state index >= 15 is 0 Å². The van der Waals surface area contributed by atoms with E-state index in [2.05, 4.69) is 0 Å². The lowest BCUT2D eigenvalue weighted by Gasteiger charge is -2.41. The Balaban J connectivity index is 2.14. The normalized spacial score (nSPS) is 18.9. The molecular formula is C12H11F3N2O2. The Morgan fingerprint density at radius 3 is 2.05 bits per heavy atom. The van der Waals surface area contributed by atoms with E-state index < -0.39 is 24.0 Å². The molecule has 0 aromatic heterocycles. The molecule has 7 heteroatoms. The first-order valence-corrected chi connectivity index (χ1v) is 5.58. The number of hydrogen-bond acceptors (Lipinski definition) is 2. The van der Waals surface area contributed by atoms with Crippen molar-refractivity contribution in [3.63, 3.8) is 0 Å². The monoisotopic (exact) mass is 272 g/mol. The molecule has 1 aliphatic heterocycles. The summed E-state index contributed by atoms with van der Waals surface area (Å²) >= 11 is 0. The molecule has 2 N–H and O–H groups in total. The van der Waals surface area contributed by atoms with Crippen molar-refractivity contribution in [3.05, 3.63) is 35.4 Å². The molecule has 0 aliphatic carbocycles. The highest BCUT2D eigenvalue weighted by molar-refractivity contribution is 5.97. The van der Waals surface area contributed by atoms with Gasteiger partial charge in [0.1, 0.15) is 6.04 Å². The van der Waals surface area contributed by atoms with E-state index in [-0.39, 0.29) is 24.1 Å². The Morgan fingerprint density at radius 1 is 1.16 bits per heavy atom. The maximum absolute atomic E-state index is 12.5. The molecule has 0 bridgehead atoms. The maximum atomic E-state index is 12.5. The standard InChI is InChI=1S/C12H11F3N2O2/c13-12(14,15)9-5-6-17(9)11(19)8-3-1-7(2-4-8)10(16)18/h1-4,9H,5-6H2,(H2,16,18). The van der Waals surface area contributed by atoms with E-state index in [0.717, 1.165) is 4.90 Å². The number of nitrogens with zero attached hydrogens (tertiary/aromatic N) is 1. The zero-order valence-electron chi connectivity index (χ0n) is 9.78. The number of hydrogen-bond donors (Lipinski definition) is 1. The molecule has 1 atom stereocenters. The largest absolute Gasteiger partial charge is 0.408 e. The van der Waals surface area contributed by atoms with Crippen LogP contribution >= 0.6 is 0 Å². The lowest BCUT2D eigenvalue weighted by atomic mass is 10.00. The van der Waals surface area contributed by atoms with Gasteiger partial charge in [0.15, 0.2) is 0 Å². The number of rotatable bonds is 2. The van der Waals surface area contributed by atoms with Gasteiger partial charge in [-0.1, -0.05) is 0 Å². The van der Waals surface area contributed by atoms with Crippen LogP contribution in [-0.4, -0.2) is 35.5 Å². The fourth-order valence-electron chi connectivity index (χ4n) is 1.91. The Bertz CT molecular complexity index is 511. The van der Waals surface area contributed by atoms with Gasteiger partial charge in [-0.05, 0) is 30.7 Å². The van der Waals surface area contributed by atoms with E-state index in [9.17, 15) is 22.8 Å². The van der Waals surface area contributed by atoms with Gasteiger partial charge in [0.25, 0.3) is 5.91 Å². The molecular weight excluding hydrogens is 261 g/mol. The van der Waals surface area contributed by atoms with E-state index in [4.69, 9.17) is 5.73 Å². The Kier molecular flexibility index (Phi) is 3.21. The summed E-state index contributed by atoms with van der Waals surface area (Å²) in [7, 11) is 0. The lowest BCUT2D eigenvalue weighted by molar-refractivity contribution is -0.199. The Hall–Kier alpha value is -2.05. The van der Waals surface area contributed by atoms with Gasteiger partial charge in [-0.2, -0.15) is 13.2 Å². The third kappa shape index (κ3) is 2.54. The average Bonchev–Trinajstić information content (AvgIpc) is 2.25. The summed E-state index contributed by atoms with van der Waals surface area (Å²) in [5.74, 6) is -1.35. The van der Waals surface area contributed by atoms with Crippen LogP contribution in [-0.2, 0) is 0 Å². The maximum Gasteiger partial charge on any atom is 0.408 e. The second-order valence-corrected chi connectivity index (χ2v) is 4.29. The topological polar surface area (TPSA) is 63.4 Å². The predicted octanol–water partition coefficient (Wildman–Crippen LogP) is 1.56. The number of primary amides is 1. The van der Waals surface area contributed by atoms with Gasteiger partial charge in [-0.15, -0.1) is 0 Å². The van der Waals surface area contributed by atoms with Gasteiger partial charge in [0.2, 0.25) is 5.91 Å². The summed E-state index contributed by atoms with van der Waals surface area (Å²) in [4.78, 5) is 23.5. The van der Waals surface area contributed by atoms with Crippen molar-refractivity contribution >= 4 is 11.8 Å². The van der Waals surface area contributed by atoms with Crippen molar-refractivity contribution in [2.75, 3.05) is 6.54 Å². The highest BCUT2D eigenvalue weighted by atomic mass is 19.4. The van der Waals surface area contributed by atoms with Crippen LogP contribution in [0, 0.1) is 0 Å². The van der Waals surface area contributed by atoms with E-state index in [1.165, 1.54) is 24.3 Å². The smallest absolute Gasteiger partial charge is 0.366 e. The molecule has 1 aromatic rings. The van der Waals surface area contributed by atoms with Gasteiger partial charge in [0.05, 0.1) is 0 Å². The summed E-state index contributed by atoms with van der Waals surface area (Å²) < 4.78 is 37.6. The average molecular weight is 272 g/mol. The van der Waals surface area contributed by atoms with Gasteiger partial charge >= 0.3 is 6.18 Å². The quantitative estimate of drug-likeness (QED) is 0.888. The first-order valence-electron chi connectivity index (χ1n) is 5.58. The Labute approximate surface area is 107 Å². The van der Waals surface area contributed by atoms with Gasteiger partial charge < -0.3 is 10.6 Å². The molecule has 0 spiro atoms. The molecule has 0 radical (unpaired) electrons. The van der Waals surface area contributed by atoms with Gasteiger partial charge in [-0.3, -0.25) is 9.59 Å². The van der Waals surface area contributed by atoms with Crippen molar-refractivity contribution in [3.8, 4) is 0 Å². The summed E-state index contributed by atoms with van der Waals surface area (Å²) in [6, 6.07) is 3.52. The highest BCUT2D eigenvalue weighted by Gasteiger charge is 2.50. The van der Waals surface area contributed by atoms with Crippen molar-refractivity contribution in [1.82, 2.24) is 4.90 Å². The van der Waals surface area contributed by atoms with E-state index in [0.29, 0.717) is 0 Å². The fraction of sp³-hybridized carbons (Fsp3) is 0.333. The van der Waals surface area contributed by atoms with E-state index in [1.807, 2.05) is 0 Å². The van der Waals surface area contributed by atoms with Gasteiger partial charge in [-0.25, -0.2) is 0 Å². The Morgan fingerprint density at radius 2 is 1.68 bits per heavy atom. The first-order chi connectivity index (χ1) is 8.80. The van der Waals surface area contributed by atoms with Crippen LogP contribution in [0.2, 0.25) is 0 Å². The number of likely N-dealkylation sites (tertiary alicyclic amines) is 1. The number of carbonyl (C=O) groups excluding carboxylic acids is 2. The zero-order valence-corrected chi connectivity index (χ0v) is 9.78. The molecule has 1 unspecified atom stereocenters. The van der Waals surface area contributed by atoms with Crippen molar-refractivity contribution in [2.45, 2.75) is 18.6 Å². The summed E-state index contributed by atoms with van der Waals surface area (Å²) in [6.45, 7) is 0.0839. The number of carbonyl (C=O) groups is 2. The molecule has 0 saturated carbocycles. The molecule has 4 nitrogen and oxygen atoms in total. The van der Waals surface area contributed by atoms with Crippen LogP contribution in [0.1, 0.15) is 27.1 Å². The molecule has 1 heterocycles. The number of nitrogens with two attached hydrogens (primary N) is 1. The molecule has 2 amide bonds. The molecule has 1 aliphatic rings. The van der Waals surface area contributed by atoms with Gasteiger partial charge in [0, 0.05) is 17.7 Å². The number of benzene rings is 1. The minimum absolute atomic E-state index is 0.0748. The fourth-order valence-corrected chi connectivity index (χ4v) is 1.91. The van der Waals surface area contributed by atoms with Crippen LogP contribution in [0.4, 0.5) is 13.2 Å². The molecule has 102 valence electrons. The summed E-state index contributed by atoms with van der Waals surface area (Å²) in [5.41, 5.74) is 5.34. The second kappa shape index (κ2) is 4.56. The molecule has 1 saturated heterocycles. The van der Waals surface area contributed by atoms with Crippen molar-refractivity contribution in [1.29, 1.82) is 0 Å². The van der Waals surface area contributed by atoms with Crippen LogP contribution in [0.15, 0.2) is 24.3 Å². The van der Waals surface area contributed by atoms with Crippen LogP contribution in [0.3, 0.4) is 0 Å². The van der Waals surface area contributed by atoms with E-state index in [1.54, 1.807) is 0 Å². The summed E-state index contributed by atoms with van der Waals surface area (Å²) in [6.07, 6.45) is -4.48. The first kappa shape index (κ1) is 13.4. The molecule has 1 aromatic carbocycles. The van der Waals surface area contributed by atoms with Crippen LogP contribution < -0.4 is 5.73 Å². The lowest BCUT2D eigenvalue weighted by Crippen LogP contribution is -2.58. The van der Waals surface area contributed by atoms with Crippen LogP contribution in [0.25, 0.3) is 0 Å². The molecule has 19 heavy (non-hydrogen) atoms. The zero-order chi connectivity index (χ0) is 14.2. The highest BCUT2D eigenvalue weighted by Crippen LogP contribution is 2.34. The molecule has 1 fully saturated rings. The second-order valence-electron chi connectivity index (χ2n) is 4.29. The number of amides is 2. The number of alkyl halides is 3. The molecule has 2 rings (SSSR count). The SMILES string of the molecule is NC(=O)c1ccc(C(=O)N2CCC2C(F)(F)F)cc1. The van der Waals surface area contributed by atoms with Crippen molar-refractivity contribution < 1.29 is 22.8 Å². The van der Waals surface area contributed by atoms with Crippen LogP contribution in [0.5, 0.6) is 0 Å². The summed E-state index contributed by atoms with van der Waals surface area (Å²) in [5, 5.41) is 0. The van der Waals surface area contributed by atoms with Crippen molar-refractivity contribution in [2.24, 2.45) is 5.73 Å². The minimum Gasteiger partial charge on any atom is -0.366 e. The third-order valence-electron chi connectivity index (χ3n) is 3.07. The number of halogens is 3.